The summed E-state index contributed by atoms with van der Waals surface area (Å²) in [5.74, 6) is -0.448. The number of aliphatic hydroxyl groups excluding tert-OH is 2. The molecule has 0 saturated heterocycles. The second kappa shape index (κ2) is 30.8. The number of aliphatic hydroxyl groups is 2. The Morgan fingerprint density at radius 1 is 0.773 bits per heavy atom. The number of phosphoric ester groups is 1. The third kappa shape index (κ3) is 28.7. The Labute approximate surface area is 269 Å². The first-order chi connectivity index (χ1) is 21.3. The third-order valence-electron chi connectivity index (χ3n) is 7.92. The molecule has 262 valence electrons. The predicted octanol–water partition coefficient (Wildman–Crippen LogP) is 7.85. The SMILES string of the molecule is CCCCCCCCCC/C=C/C(O)C(COP(=O)(O)OCCN)NC(=O)CC(O)CCCCCCCCCCCCCC. The minimum absolute atomic E-state index is 0.0509. The Bertz CT molecular complexity index is 726. The van der Waals surface area contributed by atoms with Gasteiger partial charge in [-0.3, -0.25) is 13.8 Å². The summed E-state index contributed by atoms with van der Waals surface area (Å²) in [5, 5.41) is 23.8. The van der Waals surface area contributed by atoms with Crippen molar-refractivity contribution in [3.8, 4) is 0 Å². The maximum Gasteiger partial charge on any atom is 0.472 e. The van der Waals surface area contributed by atoms with Crippen molar-refractivity contribution < 1.29 is 33.5 Å². The molecule has 0 aromatic carbocycles. The Morgan fingerprint density at radius 2 is 1.25 bits per heavy atom. The van der Waals surface area contributed by atoms with Crippen molar-refractivity contribution in [2.75, 3.05) is 19.8 Å². The maximum atomic E-state index is 12.7. The number of unbranched alkanes of at least 4 members (excludes halogenated alkanes) is 19. The zero-order chi connectivity index (χ0) is 32.7. The fourth-order valence-electron chi connectivity index (χ4n) is 5.17. The van der Waals surface area contributed by atoms with Gasteiger partial charge in [0, 0.05) is 6.54 Å². The van der Waals surface area contributed by atoms with Crippen molar-refractivity contribution in [1.82, 2.24) is 5.32 Å². The summed E-state index contributed by atoms with van der Waals surface area (Å²) in [6.45, 7) is 3.92. The molecule has 0 aliphatic carbocycles. The van der Waals surface area contributed by atoms with Crippen LogP contribution >= 0.6 is 7.82 Å². The first kappa shape index (κ1) is 43.2. The van der Waals surface area contributed by atoms with Crippen molar-refractivity contribution in [2.45, 2.75) is 180 Å². The van der Waals surface area contributed by atoms with Crippen LogP contribution in [0.5, 0.6) is 0 Å². The number of carbonyl (C=O) groups is 1. The topological polar surface area (TPSA) is 151 Å². The highest BCUT2D eigenvalue weighted by molar-refractivity contribution is 7.47. The summed E-state index contributed by atoms with van der Waals surface area (Å²) >= 11 is 0. The smallest absolute Gasteiger partial charge is 0.393 e. The highest BCUT2D eigenvalue weighted by atomic mass is 31.2. The van der Waals surface area contributed by atoms with Crippen LogP contribution in [0.1, 0.15) is 162 Å². The fourth-order valence-corrected chi connectivity index (χ4v) is 5.93. The van der Waals surface area contributed by atoms with Crippen molar-refractivity contribution in [3.63, 3.8) is 0 Å². The van der Waals surface area contributed by atoms with Gasteiger partial charge in [-0.2, -0.15) is 0 Å². The van der Waals surface area contributed by atoms with Crippen LogP contribution in [0.15, 0.2) is 12.2 Å². The normalized spacial score (nSPS) is 15.3. The van der Waals surface area contributed by atoms with E-state index in [9.17, 15) is 24.5 Å². The largest absolute Gasteiger partial charge is 0.472 e. The highest BCUT2D eigenvalue weighted by Gasteiger charge is 2.27. The Hall–Kier alpha value is -0.800. The molecule has 0 bridgehead atoms. The van der Waals surface area contributed by atoms with E-state index in [1.807, 2.05) is 6.08 Å². The lowest BCUT2D eigenvalue weighted by Gasteiger charge is -2.24. The number of rotatable bonds is 33. The number of hydrogen-bond acceptors (Lipinski definition) is 7. The summed E-state index contributed by atoms with van der Waals surface area (Å²) in [6, 6.07) is -0.974. The van der Waals surface area contributed by atoms with Gasteiger partial charge in [0.1, 0.15) is 0 Å². The lowest BCUT2D eigenvalue weighted by Crippen LogP contribution is -2.46. The molecule has 4 atom stereocenters. The summed E-state index contributed by atoms with van der Waals surface area (Å²) in [6.07, 6.45) is 27.3. The van der Waals surface area contributed by atoms with Crippen molar-refractivity contribution in [3.05, 3.63) is 12.2 Å². The molecule has 1 amide bonds. The molecule has 0 saturated carbocycles. The van der Waals surface area contributed by atoms with Crippen LogP contribution < -0.4 is 11.1 Å². The zero-order valence-electron chi connectivity index (χ0n) is 28.3. The zero-order valence-corrected chi connectivity index (χ0v) is 29.2. The quantitative estimate of drug-likeness (QED) is 0.0274. The van der Waals surface area contributed by atoms with E-state index in [1.165, 1.54) is 96.3 Å². The third-order valence-corrected chi connectivity index (χ3v) is 8.90. The standard InChI is InChI=1S/C34H69N2O7P/c1-3-5-7-9-11-13-15-16-17-19-21-23-25-31(37)29-34(39)36-32(30-43-44(40,41)42-28-27-35)33(38)26-24-22-20-18-14-12-10-8-6-4-2/h24,26,31-33,37-38H,3-23,25,27-30,35H2,1-2H3,(H,36,39)(H,40,41)/b26-24+. The van der Waals surface area contributed by atoms with Crippen molar-refractivity contribution >= 4 is 13.7 Å². The van der Waals surface area contributed by atoms with Crippen LogP contribution in [0.2, 0.25) is 0 Å². The number of hydrogen-bond donors (Lipinski definition) is 5. The van der Waals surface area contributed by atoms with Crippen LogP contribution in [0.4, 0.5) is 0 Å². The molecule has 9 nitrogen and oxygen atoms in total. The van der Waals surface area contributed by atoms with E-state index in [-0.39, 0.29) is 19.6 Å². The summed E-state index contributed by atoms with van der Waals surface area (Å²) < 4.78 is 21.9. The molecule has 44 heavy (non-hydrogen) atoms. The van der Waals surface area contributed by atoms with Gasteiger partial charge < -0.3 is 26.2 Å². The molecule has 0 rings (SSSR count). The molecule has 0 aliphatic rings. The minimum Gasteiger partial charge on any atom is -0.393 e. The summed E-state index contributed by atoms with van der Waals surface area (Å²) in [5.41, 5.74) is 5.33. The van der Waals surface area contributed by atoms with Crippen LogP contribution in [0.25, 0.3) is 0 Å². The molecule has 0 aromatic heterocycles. The van der Waals surface area contributed by atoms with E-state index < -0.39 is 38.6 Å². The van der Waals surface area contributed by atoms with E-state index in [0.29, 0.717) is 6.42 Å². The van der Waals surface area contributed by atoms with Gasteiger partial charge in [0.05, 0.1) is 37.9 Å². The number of amides is 1. The van der Waals surface area contributed by atoms with Gasteiger partial charge >= 0.3 is 7.82 Å². The van der Waals surface area contributed by atoms with E-state index in [0.717, 1.165) is 38.5 Å². The maximum absolute atomic E-state index is 12.7. The van der Waals surface area contributed by atoms with E-state index in [2.05, 4.69) is 19.2 Å². The molecule has 4 unspecified atom stereocenters. The van der Waals surface area contributed by atoms with Gasteiger partial charge in [-0.1, -0.05) is 148 Å². The second-order valence-electron chi connectivity index (χ2n) is 12.3. The van der Waals surface area contributed by atoms with E-state index in [4.69, 9.17) is 14.8 Å². The Kier molecular flexibility index (Phi) is 30.3. The average molecular weight is 649 g/mol. The van der Waals surface area contributed by atoms with E-state index >= 15 is 0 Å². The molecular formula is C34H69N2O7P. The van der Waals surface area contributed by atoms with Gasteiger partial charge in [-0.05, 0) is 19.3 Å². The molecule has 0 aromatic rings. The number of carbonyl (C=O) groups excluding carboxylic acids is 1. The highest BCUT2D eigenvalue weighted by Crippen LogP contribution is 2.43. The minimum atomic E-state index is -4.38. The summed E-state index contributed by atoms with van der Waals surface area (Å²) in [4.78, 5) is 22.5. The van der Waals surface area contributed by atoms with Gasteiger partial charge in [-0.15, -0.1) is 0 Å². The Morgan fingerprint density at radius 3 is 1.75 bits per heavy atom. The van der Waals surface area contributed by atoms with Crippen LogP contribution in [-0.4, -0.2) is 59.0 Å². The van der Waals surface area contributed by atoms with Crippen molar-refractivity contribution in [1.29, 1.82) is 0 Å². The monoisotopic (exact) mass is 648 g/mol. The molecule has 10 heteroatoms. The van der Waals surface area contributed by atoms with Crippen LogP contribution in [-0.2, 0) is 18.4 Å². The van der Waals surface area contributed by atoms with E-state index in [1.54, 1.807) is 6.08 Å². The number of nitrogens with two attached hydrogens (primary N) is 1. The average Bonchev–Trinajstić information content (AvgIpc) is 2.99. The van der Waals surface area contributed by atoms with Crippen LogP contribution in [0, 0.1) is 0 Å². The molecule has 6 N–H and O–H groups in total. The number of allylic oxidation sites excluding steroid dienone is 1. The molecule has 0 fully saturated rings. The molecule has 0 spiro atoms. The molecule has 0 heterocycles. The fraction of sp³-hybridized carbons (Fsp3) is 0.912. The lowest BCUT2D eigenvalue weighted by molar-refractivity contribution is -0.124. The predicted molar refractivity (Wildman–Crippen MR) is 181 cm³/mol. The van der Waals surface area contributed by atoms with Crippen molar-refractivity contribution in [2.24, 2.45) is 5.73 Å². The molecular weight excluding hydrogens is 579 g/mol. The van der Waals surface area contributed by atoms with Gasteiger partial charge in [0.15, 0.2) is 0 Å². The van der Waals surface area contributed by atoms with Crippen LogP contribution in [0.3, 0.4) is 0 Å². The van der Waals surface area contributed by atoms with Gasteiger partial charge in [0.25, 0.3) is 0 Å². The lowest BCUT2D eigenvalue weighted by atomic mass is 10.0. The molecule has 0 aliphatic heterocycles. The first-order valence-electron chi connectivity index (χ1n) is 17.9. The van der Waals surface area contributed by atoms with Gasteiger partial charge in [-0.25, -0.2) is 4.57 Å². The molecule has 0 radical (unpaired) electrons. The second-order valence-corrected chi connectivity index (χ2v) is 13.7. The number of nitrogens with one attached hydrogen (secondary N) is 1. The summed E-state index contributed by atoms with van der Waals surface area (Å²) in [7, 11) is -4.38. The number of phosphoric acid groups is 1. The van der Waals surface area contributed by atoms with Gasteiger partial charge in [0.2, 0.25) is 5.91 Å². The Balaban J connectivity index is 4.46. The first-order valence-corrected chi connectivity index (χ1v) is 19.4.